The zero-order valence-corrected chi connectivity index (χ0v) is 12.0. The molecule has 1 aromatic carbocycles. The summed E-state index contributed by atoms with van der Waals surface area (Å²) in [7, 11) is -1.87. The number of nitrogens with one attached hydrogen (secondary N) is 2. The zero-order chi connectivity index (χ0) is 14.5. The van der Waals surface area contributed by atoms with Gasteiger partial charge < -0.3 is 10.1 Å². The largest absolute Gasteiger partial charge is 0.495 e. The number of carbonyl (C=O) groups excluding carboxylic acids is 1. The van der Waals surface area contributed by atoms with Gasteiger partial charge in [0.1, 0.15) is 5.75 Å². The summed E-state index contributed by atoms with van der Waals surface area (Å²) in [5.41, 5.74) is 1.48. The molecular formula is C12H18N2O4S. The molecule has 0 spiro atoms. The number of methoxy groups -OCH3 is 1. The Hall–Kier alpha value is -1.60. The lowest BCUT2D eigenvalue weighted by atomic mass is 10.2. The van der Waals surface area contributed by atoms with E-state index in [1.54, 1.807) is 12.1 Å². The fourth-order valence-corrected chi connectivity index (χ4v) is 1.95. The maximum atomic E-state index is 11.7. The van der Waals surface area contributed by atoms with Crippen LogP contribution in [0.3, 0.4) is 0 Å². The molecule has 0 fully saturated rings. The van der Waals surface area contributed by atoms with Crippen molar-refractivity contribution >= 4 is 21.6 Å². The highest BCUT2D eigenvalue weighted by Crippen LogP contribution is 2.24. The first-order valence-electron chi connectivity index (χ1n) is 5.79. The molecule has 2 N–H and O–H groups in total. The number of ether oxygens (including phenoxy) is 1. The van der Waals surface area contributed by atoms with E-state index in [-0.39, 0.29) is 12.3 Å². The van der Waals surface area contributed by atoms with E-state index >= 15 is 0 Å². The van der Waals surface area contributed by atoms with Crippen LogP contribution in [0.1, 0.15) is 12.5 Å². The monoisotopic (exact) mass is 286 g/mol. The first-order chi connectivity index (χ1) is 8.88. The van der Waals surface area contributed by atoms with Crippen molar-refractivity contribution in [1.29, 1.82) is 0 Å². The number of benzene rings is 1. The average molecular weight is 286 g/mol. The zero-order valence-electron chi connectivity index (χ0n) is 11.2. The number of carbonyl (C=O) groups is 1. The third-order valence-electron chi connectivity index (χ3n) is 2.46. The Morgan fingerprint density at radius 3 is 2.63 bits per heavy atom. The molecule has 0 bridgehead atoms. The Balaban J connectivity index is 2.69. The van der Waals surface area contributed by atoms with Crippen molar-refractivity contribution in [3.8, 4) is 5.75 Å². The maximum Gasteiger partial charge on any atom is 0.239 e. The minimum atomic E-state index is -3.37. The summed E-state index contributed by atoms with van der Waals surface area (Å²) in [6, 6.07) is 5.35. The molecule has 1 amide bonds. The van der Waals surface area contributed by atoms with Gasteiger partial charge in [-0.25, -0.2) is 13.1 Å². The summed E-state index contributed by atoms with van der Waals surface area (Å²) in [4.78, 5) is 11.7. The predicted molar refractivity (Wildman–Crippen MR) is 73.8 cm³/mol. The third kappa shape index (κ3) is 4.88. The van der Waals surface area contributed by atoms with Crippen LogP contribution in [-0.4, -0.2) is 33.7 Å². The molecule has 0 aromatic heterocycles. The van der Waals surface area contributed by atoms with E-state index in [4.69, 9.17) is 4.74 Å². The SMILES string of the molecule is CCS(=O)(=O)NCC(=O)Nc1cc(C)ccc1OC. The number of aryl methyl sites for hydroxylation is 1. The van der Waals surface area contributed by atoms with Gasteiger partial charge in [-0.3, -0.25) is 4.79 Å². The fourth-order valence-electron chi connectivity index (χ4n) is 1.39. The summed E-state index contributed by atoms with van der Waals surface area (Å²) in [5, 5.41) is 2.61. The van der Waals surface area contributed by atoms with Gasteiger partial charge in [-0.15, -0.1) is 0 Å². The molecule has 7 heteroatoms. The van der Waals surface area contributed by atoms with Gasteiger partial charge in [0, 0.05) is 0 Å². The van der Waals surface area contributed by atoms with Gasteiger partial charge in [-0.1, -0.05) is 6.07 Å². The number of amides is 1. The molecule has 1 aromatic rings. The van der Waals surface area contributed by atoms with Crippen molar-refractivity contribution in [2.24, 2.45) is 0 Å². The Morgan fingerprint density at radius 1 is 1.37 bits per heavy atom. The lowest BCUT2D eigenvalue weighted by Gasteiger charge is -2.11. The number of rotatable bonds is 6. The van der Waals surface area contributed by atoms with Gasteiger partial charge >= 0.3 is 0 Å². The van der Waals surface area contributed by atoms with Crippen molar-refractivity contribution in [3.05, 3.63) is 23.8 Å². The molecule has 0 aliphatic heterocycles. The second-order valence-corrected chi connectivity index (χ2v) is 6.07. The fraction of sp³-hybridized carbons (Fsp3) is 0.417. The highest BCUT2D eigenvalue weighted by Gasteiger charge is 2.11. The van der Waals surface area contributed by atoms with Crippen LogP contribution < -0.4 is 14.8 Å². The molecule has 0 unspecified atom stereocenters. The highest BCUT2D eigenvalue weighted by atomic mass is 32.2. The van der Waals surface area contributed by atoms with Crippen molar-refractivity contribution in [1.82, 2.24) is 4.72 Å². The topological polar surface area (TPSA) is 84.5 Å². The minimum absolute atomic E-state index is 0.0615. The third-order valence-corrected chi connectivity index (χ3v) is 3.81. The van der Waals surface area contributed by atoms with Crippen LogP contribution in [0.25, 0.3) is 0 Å². The maximum absolute atomic E-state index is 11.7. The standard InChI is InChI=1S/C12H18N2O4S/c1-4-19(16,17)13-8-12(15)14-10-7-9(2)5-6-11(10)18-3/h5-7,13H,4,8H2,1-3H3,(H,14,15). The van der Waals surface area contributed by atoms with Crippen LogP contribution in [0.15, 0.2) is 18.2 Å². The Kier molecular flexibility index (Phi) is 5.31. The highest BCUT2D eigenvalue weighted by molar-refractivity contribution is 7.89. The summed E-state index contributed by atoms with van der Waals surface area (Å²) >= 11 is 0. The van der Waals surface area contributed by atoms with Crippen molar-refractivity contribution in [2.45, 2.75) is 13.8 Å². The van der Waals surface area contributed by atoms with Crippen molar-refractivity contribution < 1.29 is 17.9 Å². The van der Waals surface area contributed by atoms with E-state index in [0.717, 1.165) is 5.56 Å². The minimum Gasteiger partial charge on any atom is -0.495 e. The van der Waals surface area contributed by atoms with E-state index in [0.29, 0.717) is 11.4 Å². The molecular weight excluding hydrogens is 268 g/mol. The molecule has 0 radical (unpaired) electrons. The first kappa shape index (κ1) is 15.5. The van der Waals surface area contributed by atoms with E-state index in [1.165, 1.54) is 14.0 Å². The number of hydrogen-bond donors (Lipinski definition) is 2. The summed E-state index contributed by atoms with van der Waals surface area (Å²) in [6.07, 6.45) is 0. The second kappa shape index (κ2) is 6.53. The predicted octanol–water partition coefficient (Wildman–Crippen LogP) is 0.881. The molecule has 6 nitrogen and oxygen atoms in total. The second-order valence-electron chi connectivity index (χ2n) is 3.98. The molecule has 0 saturated carbocycles. The molecule has 1 rings (SSSR count). The molecule has 106 valence electrons. The van der Waals surface area contributed by atoms with Crippen LogP contribution in [0, 0.1) is 6.92 Å². The van der Waals surface area contributed by atoms with E-state index in [1.807, 2.05) is 13.0 Å². The van der Waals surface area contributed by atoms with E-state index in [9.17, 15) is 13.2 Å². The van der Waals surface area contributed by atoms with Gasteiger partial charge in [0.15, 0.2) is 0 Å². The normalized spacial score (nSPS) is 11.1. The van der Waals surface area contributed by atoms with Crippen molar-refractivity contribution in [2.75, 3.05) is 24.7 Å². The van der Waals surface area contributed by atoms with Gasteiger partial charge in [0.05, 0.1) is 25.1 Å². The van der Waals surface area contributed by atoms with Gasteiger partial charge in [0.2, 0.25) is 15.9 Å². The Morgan fingerprint density at radius 2 is 2.05 bits per heavy atom. The molecule has 0 heterocycles. The summed E-state index contributed by atoms with van der Waals surface area (Å²) < 4.78 is 29.7. The molecule has 0 aliphatic rings. The van der Waals surface area contributed by atoms with Crippen LogP contribution in [-0.2, 0) is 14.8 Å². The van der Waals surface area contributed by atoms with Crippen LogP contribution in [0.2, 0.25) is 0 Å². The number of hydrogen-bond acceptors (Lipinski definition) is 4. The summed E-state index contributed by atoms with van der Waals surface area (Å²) in [5.74, 6) is 0.0202. The van der Waals surface area contributed by atoms with Crippen LogP contribution >= 0.6 is 0 Å². The molecule has 0 saturated heterocycles. The van der Waals surface area contributed by atoms with Crippen molar-refractivity contribution in [3.63, 3.8) is 0 Å². The first-order valence-corrected chi connectivity index (χ1v) is 7.45. The van der Waals surface area contributed by atoms with Gasteiger partial charge in [-0.2, -0.15) is 0 Å². The van der Waals surface area contributed by atoms with Crippen LogP contribution in [0.5, 0.6) is 5.75 Å². The van der Waals surface area contributed by atoms with Crippen LogP contribution in [0.4, 0.5) is 5.69 Å². The quantitative estimate of drug-likeness (QED) is 0.813. The Bertz CT molecular complexity index is 555. The van der Waals surface area contributed by atoms with Gasteiger partial charge in [-0.05, 0) is 31.5 Å². The lowest BCUT2D eigenvalue weighted by Crippen LogP contribution is -2.33. The molecule has 19 heavy (non-hydrogen) atoms. The van der Waals surface area contributed by atoms with E-state index < -0.39 is 15.9 Å². The van der Waals surface area contributed by atoms with E-state index in [2.05, 4.69) is 10.0 Å². The lowest BCUT2D eigenvalue weighted by molar-refractivity contribution is -0.115. The molecule has 0 atom stereocenters. The number of sulfonamides is 1. The smallest absolute Gasteiger partial charge is 0.239 e. The molecule has 0 aliphatic carbocycles. The van der Waals surface area contributed by atoms with Gasteiger partial charge in [0.25, 0.3) is 0 Å². The Labute approximate surface area is 113 Å². The summed E-state index contributed by atoms with van der Waals surface area (Å²) in [6.45, 7) is 3.09. The average Bonchev–Trinajstić information content (AvgIpc) is 2.37. The number of anilines is 1.